The van der Waals surface area contributed by atoms with Crippen LogP contribution in [-0.4, -0.2) is 80.9 Å². The highest BCUT2D eigenvalue weighted by molar-refractivity contribution is 5.72. The van der Waals surface area contributed by atoms with Gasteiger partial charge in [-0.15, -0.1) is 0 Å². The summed E-state index contributed by atoms with van der Waals surface area (Å²) in [5, 5.41) is 16.6. The molecule has 0 amide bonds. The van der Waals surface area contributed by atoms with E-state index in [1.54, 1.807) is 30.5 Å². The van der Waals surface area contributed by atoms with Crippen molar-refractivity contribution in [1.82, 2.24) is 24.5 Å². The molecule has 1 fully saturated rings. The fraction of sp³-hybridized carbons (Fsp3) is 0.333. The maximum atomic E-state index is 14.7. The number of carboxylic acid groups (broad SMARTS) is 1. The zero-order chi connectivity index (χ0) is 25.9. The number of nitrogen functional groups attached to an aromatic ring is 1. The van der Waals surface area contributed by atoms with E-state index in [1.807, 2.05) is 11.0 Å². The smallest absolute Gasteiger partial charge is 0.344 e. The number of nitrogens with two attached hydrogens (primary N) is 1. The number of nitrogens with zero attached hydrogens (tertiary/aromatic N) is 6. The summed E-state index contributed by atoms with van der Waals surface area (Å²) in [4.78, 5) is 24.0. The Bertz CT molecular complexity index is 1390. The van der Waals surface area contributed by atoms with Gasteiger partial charge in [0.15, 0.2) is 17.5 Å². The number of ether oxygens (including phenoxy) is 1. The van der Waals surface area contributed by atoms with Gasteiger partial charge in [-0.1, -0.05) is 0 Å². The second kappa shape index (κ2) is 10.3. The molecule has 37 heavy (non-hydrogen) atoms. The monoisotopic (exact) mass is 510 g/mol. The van der Waals surface area contributed by atoms with E-state index in [-0.39, 0.29) is 11.7 Å². The first-order valence-electron chi connectivity index (χ1n) is 11.8. The van der Waals surface area contributed by atoms with Crippen molar-refractivity contribution in [3.8, 4) is 17.2 Å². The van der Waals surface area contributed by atoms with Gasteiger partial charge in [0.2, 0.25) is 11.9 Å². The van der Waals surface area contributed by atoms with Gasteiger partial charge in [-0.05, 0) is 31.2 Å². The minimum Gasteiger partial charge on any atom is -0.479 e. The molecule has 4 aromatic rings. The summed E-state index contributed by atoms with van der Waals surface area (Å²) in [5.41, 5.74) is 7.72. The van der Waals surface area contributed by atoms with Crippen molar-refractivity contribution in [3.05, 3.63) is 48.5 Å². The second-order valence-corrected chi connectivity index (χ2v) is 8.65. The van der Waals surface area contributed by atoms with Crippen LogP contribution in [-0.2, 0) is 4.79 Å². The summed E-state index contributed by atoms with van der Waals surface area (Å²) in [5.74, 6) is -0.103. The molecule has 4 N–H and O–H groups in total. The molecule has 0 unspecified atom stereocenters. The number of rotatable bonds is 9. The molecule has 1 aliphatic heterocycles. The Morgan fingerprint density at radius 1 is 1.24 bits per heavy atom. The highest BCUT2D eigenvalue weighted by Gasteiger charge is 2.21. The Kier molecular flexibility index (Phi) is 6.77. The lowest BCUT2D eigenvalue weighted by atomic mass is 10.2. The first-order valence-corrected chi connectivity index (χ1v) is 11.8. The molecule has 194 valence electrons. The van der Waals surface area contributed by atoms with E-state index in [9.17, 15) is 9.18 Å². The number of aromatic nitrogens is 4. The average Bonchev–Trinajstić information content (AvgIpc) is 3.55. The molecule has 1 saturated heterocycles. The number of nitrogens with one attached hydrogen (secondary N) is 1. The van der Waals surface area contributed by atoms with Gasteiger partial charge < -0.3 is 30.2 Å². The molecule has 0 saturated carbocycles. The Balaban J connectivity index is 1.12. The zero-order valence-electron chi connectivity index (χ0n) is 20.2. The Morgan fingerprint density at radius 2 is 2.05 bits per heavy atom. The maximum Gasteiger partial charge on any atom is 0.344 e. The van der Waals surface area contributed by atoms with Crippen molar-refractivity contribution >= 4 is 29.2 Å². The van der Waals surface area contributed by atoms with E-state index in [1.165, 1.54) is 17.5 Å². The number of aliphatic carboxylic acids is 1. The van der Waals surface area contributed by atoms with Gasteiger partial charge in [0.25, 0.3) is 0 Å². The maximum absolute atomic E-state index is 14.7. The molecule has 0 spiro atoms. The number of hydrogen-bond acceptors (Lipinski definition) is 10. The van der Waals surface area contributed by atoms with E-state index < -0.39 is 17.9 Å². The van der Waals surface area contributed by atoms with E-state index in [0.29, 0.717) is 48.4 Å². The van der Waals surface area contributed by atoms with Crippen molar-refractivity contribution in [2.75, 3.05) is 55.2 Å². The van der Waals surface area contributed by atoms with Gasteiger partial charge in [-0.25, -0.2) is 9.18 Å². The van der Waals surface area contributed by atoms with Crippen LogP contribution in [0.4, 0.5) is 22.0 Å². The van der Waals surface area contributed by atoms with Crippen molar-refractivity contribution in [2.45, 2.75) is 13.0 Å². The van der Waals surface area contributed by atoms with Crippen LogP contribution < -0.4 is 20.7 Å². The third kappa shape index (κ3) is 5.40. The van der Waals surface area contributed by atoms with Gasteiger partial charge in [0, 0.05) is 51.4 Å². The normalized spacial score (nSPS) is 15.1. The van der Waals surface area contributed by atoms with Crippen LogP contribution >= 0.6 is 0 Å². The molecule has 13 heteroatoms. The lowest BCUT2D eigenvalue weighted by Gasteiger charge is -2.36. The van der Waals surface area contributed by atoms with Crippen LogP contribution in [0.3, 0.4) is 0 Å². The van der Waals surface area contributed by atoms with Crippen LogP contribution in [0.1, 0.15) is 6.92 Å². The summed E-state index contributed by atoms with van der Waals surface area (Å²) in [6.07, 6.45) is 0.527. The van der Waals surface area contributed by atoms with Crippen LogP contribution in [0.5, 0.6) is 5.75 Å². The number of benzene rings is 1. The molecule has 0 bridgehead atoms. The minimum atomic E-state index is -1.10. The molecule has 4 heterocycles. The van der Waals surface area contributed by atoms with Crippen molar-refractivity contribution in [1.29, 1.82) is 0 Å². The summed E-state index contributed by atoms with van der Waals surface area (Å²) >= 11 is 0. The number of fused-ring (bicyclic) bond motifs is 1. The van der Waals surface area contributed by atoms with Crippen molar-refractivity contribution in [3.63, 3.8) is 0 Å². The number of furan rings is 1. The highest BCUT2D eigenvalue weighted by Crippen LogP contribution is 2.26. The quantitative estimate of drug-likeness (QED) is 0.304. The third-order valence-electron chi connectivity index (χ3n) is 6.13. The van der Waals surface area contributed by atoms with Crippen molar-refractivity contribution in [2.24, 2.45) is 0 Å². The molecule has 0 radical (unpaired) electrons. The van der Waals surface area contributed by atoms with Gasteiger partial charge >= 0.3 is 5.97 Å². The van der Waals surface area contributed by atoms with Crippen LogP contribution in [0.25, 0.3) is 17.1 Å². The summed E-state index contributed by atoms with van der Waals surface area (Å²) in [6, 6.07) is 9.83. The van der Waals surface area contributed by atoms with Gasteiger partial charge in [-0.2, -0.15) is 19.6 Å². The van der Waals surface area contributed by atoms with Crippen molar-refractivity contribution < 1.29 is 23.4 Å². The minimum absolute atomic E-state index is 0.190. The molecule has 1 aliphatic rings. The first kappa shape index (κ1) is 24.3. The molecule has 0 aliphatic carbocycles. The molecule has 5 rings (SSSR count). The molecule has 1 atom stereocenters. The van der Waals surface area contributed by atoms with Gasteiger partial charge in [0.1, 0.15) is 17.3 Å². The number of piperazine rings is 1. The molecule has 3 aromatic heterocycles. The Hall–Kier alpha value is -4.39. The SMILES string of the molecule is C[C@H](Oc1ccc(N2CCN(CCNc3nc(N)n4nc(-c5ccco5)cc4n3)CC2)c(F)c1)C(=O)O. The predicted molar refractivity (Wildman–Crippen MR) is 134 cm³/mol. The molecular formula is C24H27FN8O4. The first-order chi connectivity index (χ1) is 17.9. The third-order valence-corrected chi connectivity index (χ3v) is 6.13. The number of carbonyl (C=O) groups is 1. The zero-order valence-corrected chi connectivity index (χ0v) is 20.2. The van der Waals surface area contributed by atoms with Gasteiger partial charge in [-0.3, -0.25) is 4.90 Å². The Labute approximate surface area is 211 Å². The topological polar surface area (TPSA) is 147 Å². The summed E-state index contributed by atoms with van der Waals surface area (Å²) < 4.78 is 26.8. The fourth-order valence-corrected chi connectivity index (χ4v) is 4.14. The molecule has 12 nitrogen and oxygen atoms in total. The second-order valence-electron chi connectivity index (χ2n) is 8.65. The lowest BCUT2D eigenvalue weighted by Crippen LogP contribution is -2.48. The summed E-state index contributed by atoms with van der Waals surface area (Å²) in [7, 11) is 0. The highest BCUT2D eigenvalue weighted by atomic mass is 19.1. The number of anilines is 3. The Morgan fingerprint density at radius 3 is 2.76 bits per heavy atom. The standard InChI is InChI=1S/C24H27FN8O4/c1-15(22(34)35)37-16-4-5-19(17(25)13-16)32-10-8-31(9-11-32)7-6-27-24-28-21-14-18(20-3-2-12-36-20)30-33(21)23(26)29-24/h2-5,12-15H,6-11H2,1H3,(H,34,35)(H3,26,27,28,29)/t15-/m0/s1. The van der Waals surface area contributed by atoms with E-state index in [4.69, 9.17) is 20.0 Å². The number of hydrogen-bond donors (Lipinski definition) is 3. The predicted octanol–water partition coefficient (Wildman–Crippen LogP) is 2.19. The van der Waals surface area contributed by atoms with Crippen LogP contribution in [0.15, 0.2) is 47.1 Å². The van der Waals surface area contributed by atoms with Crippen LogP contribution in [0, 0.1) is 5.82 Å². The van der Waals surface area contributed by atoms with E-state index in [0.717, 1.165) is 19.6 Å². The van der Waals surface area contributed by atoms with E-state index in [2.05, 4.69) is 25.3 Å². The molecule has 1 aromatic carbocycles. The van der Waals surface area contributed by atoms with Crippen LogP contribution in [0.2, 0.25) is 0 Å². The lowest BCUT2D eigenvalue weighted by molar-refractivity contribution is -0.144. The largest absolute Gasteiger partial charge is 0.479 e. The number of halogens is 1. The average molecular weight is 511 g/mol. The van der Waals surface area contributed by atoms with Gasteiger partial charge in [0.05, 0.1) is 12.0 Å². The summed E-state index contributed by atoms with van der Waals surface area (Å²) in [6.45, 7) is 5.59. The fourth-order valence-electron chi connectivity index (χ4n) is 4.14. The number of carboxylic acids is 1. The molecular weight excluding hydrogens is 483 g/mol. The van der Waals surface area contributed by atoms with E-state index >= 15 is 0 Å².